The summed E-state index contributed by atoms with van der Waals surface area (Å²) in [6.07, 6.45) is 6.83. The van der Waals surface area contributed by atoms with Crippen LogP contribution in [0.15, 0.2) is 24.4 Å². The first-order chi connectivity index (χ1) is 12.2. The van der Waals surface area contributed by atoms with Gasteiger partial charge in [0.25, 0.3) is 5.91 Å². The minimum atomic E-state index is 0.0337. The molecule has 0 aromatic carbocycles. The van der Waals surface area contributed by atoms with Gasteiger partial charge in [0.1, 0.15) is 5.69 Å². The van der Waals surface area contributed by atoms with E-state index in [-0.39, 0.29) is 5.91 Å². The van der Waals surface area contributed by atoms with E-state index in [9.17, 15) is 4.79 Å². The first-order valence-electron chi connectivity index (χ1n) is 9.10. The molecule has 0 radical (unpaired) electrons. The third kappa shape index (κ3) is 3.36. The van der Waals surface area contributed by atoms with E-state index in [1.165, 1.54) is 25.7 Å². The summed E-state index contributed by atoms with van der Waals surface area (Å²) in [7, 11) is 0. The van der Waals surface area contributed by atoms with E-state index in [1.807, 2.05) is 40.9 Å². The highest BCUT2D eigenvalue weighted by atomic mass is 16.2. The lowest BCUT2D eigenvalue weighted by atomic mass is 10.2. The van der Waals surface area contributed by atoms with Gasteiger partial charge in [-0.15, -0.1) is 5.10 Å². The van der Waals surface area contributed by atoms with Crippen LogP contribution in [0.4, 0.5) is 5.82 Å². The predicted octanol–water partition coefficient (Wildman–Crippen LogP) is 2.06. The van der Waals surface area contributed by atoms with E-state index in [0.29, 0.717) is 24.8 Å². The summed E-state index contributed by atoms with van der Waals surface area (Å²) >= 11 is 0. The lowest BCUT2D eigenvalue weighted by Crippen LogP contribution is -2.49. The molecule has 2 aromatic rings. The Balaban J connectivity index is 1.37. The molecule has 2 aromatic heterocycles. The molecule has 7 nitrogen and oxygen atoms in total. The number of hydrogen-bond donors (Lipinski definition) is 0. The van der Waals surface area contributed by atoms with Crippen LogP contribution >= 0.6 is 0 Å². The second-order valence-corrected chi connectivity index (χ2v) is 6.93. The van der Waals surface area contributed by atoms with Gasteiger partial charge in [-0.3, -0.25) is 9.48 Å². The van der Waals surface area contributed by atoms with Crippen molar-refractivity contribution in [2.75, 3.05) is 31.1 Å². The molecule has 0 unspecified atom stereocenters. The monoisotopic (exact) mass is 340 g/mol. The fraction of sp³-hybridized carbons (Fsp3) is 0.556. The molecule has 7 heteroatoms. The zero-order valence-electron chi connectivity index (χ0n) is 14.6. The fourth-order valence-corrected chi connectivity index (χ4v) is 3.69. The van der Waals surface area contributed by atoms with Crippen molar-refractivity contribution in [3.63, 3.8) is 0 Å². The average Bonchev–Trinajstić information content (AvgIpc) is 3.33. The van der Waals surface area contributed by atoms with Crippen molar-refractivity contribution in [3.8, 4) is 0 Å². The van der Waals surface area contributed by atoms with E-state index in [1.54, 1.807) is 0 Å². The molecule has 1 aliphatic heterocycles. The Morgan fingerprint density at radius 3 is 2.48 bits per heavy atom. The average molecular weight is 340 g/mol. The van der Waals surface area contributed by atoms with Crippen molar-refractivity contribution in [3.05, 3.63) is 35.8 Å². The highest BCUT2D eigenvalue weighted by molar-refractivity contribution is 5.92. The molecule has 4 rings (SSSR count). The number of hydrogen-bond acceptors (Lipinski definition) is 5. The summed E-state index contributed by atoms with van der Waals surface area (Å²) in [4.78, 5) is 16.8. The van der Waals surface area contributed by atoms with Crippen LogP contribution in [0.1, 0.15) is 47.9 Å². The molecule has 0 spiro atoms. The molecule has 1 saturated carbocycles. The van der Waals surface area contributed by atoms with Gasteiger partial charge < -0.3 is 9.80 Å². The lowest BCUT2D eigenvalue weighted by molar-refractivity contribution is 0.0739. The molecule has 1 saturated heterocycles. The van der Waals surface area contributed by atoms with Crippen LogP contribution in [0.3, 0.4) is 0 Å². The van der Waals surface area contributed by atoms with E-state index >= 15 is 0 Å². The molecule has 3 heterocycles. The van der Waals surface area contributed by atoms with Crippen molar-refractivity contribution in [2.45, 2.75) is 38.6 Å². The van der Waals surface area contributed by atoms with Crippen LogP contribution in [0, 0.1) is 6.92 Å². The molecule has 1 amide bonds. The van der Waals surface area contributed by atoms with E-state index in [4.69, 9.17) is 0 Å². The number of aromatic nitrogens is 4. The zero-order valence-corrected chi connectivity index (χ0v) is 14.6. The van der Waals surface area contributed by atoms with Crippen LogP contribution in [-0.2, 0) is 0 Å². The van der Waals surface area contributed by atoms with Crippen LogP contribution in [0.2, 0.25) is 0 Å². The van der Waals surface area contributed by atoms with Gasteiger partial charge in [-0.2, -0.15) is 10.2 Å². The highest BCUT2D eigenvalue weighted by Crippen LogP contribution is 2.28. The van der Waals surface area contributed by atoms with Gasteiger partial charge in [-0.25, -0.2) is 0 Å². The van der Waals surface area contributed by atoms with E-state index in [2.05, 4.69) is 20.2 Å². The number of carbonyl (C=O) groups is 1. The minimum absolute atomic E-state index is 0.0337. The van der Waals surface area contributed by atoms with Gasteiger partial charge in [-0.1, -0.05) is 12.8 Å². The maximum atomic E-state index is 12.7. The summed E-state index contributed by atoms with van der Waals surface area (Å²) < 4.78 is 1.98. The molecular weight excluding hydrogens is 316 g/mol. The van der Waals surface area contributed by atoms with Crippen LogP contribution in [-0.4, -0.2) is 57.0 Å². The zero-order chi connectivity index (χ0) is 17.2. The highest BCUT2D eigenvalue weighted by Gasteiger charge is 2.25. The van der Waals surface area contributed by atoms with E-state index < -0.39 is 0 Å². The SMILES string of the molecule is Cc1ccc(N2CCN(C(=O)c3ccn(C4CCCC4)n3)CC2)nn1. The second kappa shape index (κ2) is 6.82. The van der Waals surface area contributed by atoms with Crippen molar-refractivity contribution < 1.29 is 4.79 Å². The standard InChI is InChI=1S/C18H24N6O/c1-14-6-7-17(20-19-14)22-10-12-23(13-11-22)18(25)16-8-9-24(21-16)15-4-2-3-5-15/h6-9,15H,2-5,10-13H2,1H3. The lowest BCUT2D eigenvalue weighted by Gasteiger charge is -2.34. The Hall–Kier alpha value is -2.44. The molecule has 0 N–H and O–H groups in total. The summed E-state index contributed by atoms with van der Waals surface area (Å²) in [5.41, 5.74) is 1.48. The molecular formula is C18H24N6O. The normalized spacial score (nSPS) is 18.8. The maximum absolute atomic E-state index is 12.7. The third-order valence-electron chi connectivity index (χ3n) is 5.20. The fourth-order valence-electron chi connectivity index (χ4n) is 3.69. The topological polar surface area (TPSA) is 67.2 Å². The molecule has 0 atom stereocenters. The van der Waals surface area contributed by atoms with Gasteiger partial charge in [0.2, 0.25) is 0 Å². The first kappa shape index (κ1) is 16.1. The maximum Gasteiger partial charge on any atom is 0.274 e. The molecule has 0 bridgehead atoms. The smallest absolute Gasteiger partial charge is 0.274 e. The summed E-state index contributed by atoms with van der Waals surface area (Å²) in [5.74, 6) is 0.912. The van der Waals surface area contributed by atoms with Crippen molar-refractivity contribution in [1.82, 2.24) is 24.9 Å². The molecule has 1 aliphatic carbocycles. The predicted molar refractivity (Wildman–Crippen MR) is 94.6 cm³/mol. The van der Waals surface area contributed by atoms with Gasteiger partial charge in [-0.05, 0) is 38.0 Å². The summed E-state index contributed by atoms with van der Waals surface area (Å²) in [6.45, 7) is 4.84. The van der Waals surface area contributed by atoms with Gasteiger partial charge in [0, 0.05) is 32.4 Å². The van der Waals surface area contributed by atoms with Crippen molar-refractivity contribution >= 4 is 11.7 Å². The number of aryl methyl sites for hydroxylation is 1. The molecule has 2 fully saturated rings. The van der Waals surface area contributed by atoms with Crippen molar-refractivity contribution in [1.29, 1.82) is 0 Å². The third-order valence-corrected chi connectivity index (χ3v) is 5.20. The number of rotatable bonds is 3. The summed E-state index contributed by atoms with van der Waals surface area (Å²) in [6, 6.07) is 6.29. The van der Waals surface area contributed by atoms with Gasteiger partial charge >= 0.3 is 0 Å². The number of piperazine rings is 1. The number of nitrogens with zero attached hydrogens (tertiary/aromatic N) is 6. The molecule has 2 aliphatic rings. The minimum Gasteiger partial charge on any atom is -0.352 e. The Morgan fingerprint density at radius 2 is 1.80 bits per heavy atom. The largest absolute Gasteiger partial charge is 0.352 e. The van der Waals surface area contributed by atoms with Gasteiger partial charge in [0.05, 0.1) is 11.7 Å². The Labute approximate surface area is 147 Å². The number of anilines is 1. The molecule has 132 valence electrons. The second-order valence-electron chi connectivity index (χ2n) is 6.93. The Kier molecular flexibility index (Phi) is 4.38. The van der Waals surface area contributed by atoms with Gasteiger partial charge in [0.15, 0.2) is 5.82 Å². The van der Waals surface area contributed by atoms with E-state index in [0.717, 1.165) is 24.6 Å². The number of amides is 1. The number of carbonyl (C=O) groups excluding carboxylic acids is 1. The summed E-state index contributed by atoms with van der Waals surface area (Å²) in [5, 5.41) is 12.9. The first-order valence-corrected chi connectivity index (χ1v) is 9.10. The quantitative estimate of drug-likeness (QED) is 0.855. The Bertz CT molecular complexity index is 726. The van der Waals surface area contributed by atoms with Crippen LogP contribution in [0.5, 0.6) is 0 Å². The molecule has 25 heavy (non-hydrogen) atoms. The van der Waals surface area contributed by atoms with Crippen LogP contribution in [0.25, 0.3) is 0 Å². The van der Waals surface area contributed by atoms with Crippen molar-refractivity contribution in [2.24, 2.45) is 0 Å². The van der Waals surface area contributed by atoms with Crippen LogP contribution < -0.4 is 4.90 Å². The Morgan fingerprint density at radius 1 is 1.04 bits per heavy atom.